The Hall–Kier alpha value is -0.0151. The van der Waals surface area contributed by atoms with E-state index in [9.17, 15) is 0 Å². The van der Waals surface area contributed by atoms with Crippen molar-refractivity contribution in [2.24, 2.45) is 0 Å². The van der Waals surface area contributed by atoms with Crippen molar-refractivity contribution in [1.29, 1.82) is 0 Å². The molecule has 0 aromatic carbocycles. The highest BCUT2D eigenvalue weighted by molar-refractivity contribution is 6.24. The molecule has 0 saturated carbocycles. The Morgan fingerprint density at radius 3 is 2.23 bits per heavy atom. The average molecular weight is 186 g/mol. The van der Waals surface area contributed by atoms with Crippen LogP contribution in [0.1, 0.15) is 51.9 Å². The lowest BCUT2D eigenvalue weighted by Gasteiger charge is -2.01. The molecule has 0 aromatic rings. The summed E-state index contributed by atoms with van der Waals surface area (Å²) in [6, 6.07) is 0. The third-order valence-corrected chi connectivity index (χ3v) is 2.13. The molecule has 0 aliphatic carbocycles. The van der Waals surface area contributed by atoms with E-state index in [1.54, 1.807) is 0 Å². The molecule has 1 N–H and O–H groups in total. The van der Waals surface area contributed by atoms with Crippen LogP contribution in [0.3, 0.4) is 0 Å². The first-order valence-electron chi connectivity index (χ1n) is 5.60. The molecule has 0 heterocycles. The van der Waals surface area contributed by atoms with Crippen LogP contribution in [0.4, 0.5) is 0 Å². The van der Waals surface area contributed by atoms with Gasteiger partial charge in [0.05, 0.1) is 0 Å². The maximum Gasteiger partial charge on any atom is 0.297 e. The van der Waals surface area contributed by atoms with Crippen molar-refractivity contribution < 1.29 is 9.76 Å². The van der Waals surface area contributed by atoms with Crippen molar-refractivity contribution >= 4 is 7.48 Å². The van der Waals surface area contributed by atoms with Gasteiger partial charge < -0.3 is 9.76 Å². The number of hydrogen-bond donors (Lipinski definition) is 1. The van der Waals surface area contributed by atoms with Gasteiger partial charge in [-0.1, -0.05) is 45.4 Å². The molecular formula is C10H23BO2. The molecule has 2 nitrogen and oxygen atoms in total. The number of unbranched alkanes of at least 4 members (excludes halogenated alkanes) is 6. The summed E-state index contributed by atoms with van der Waals surface area (Å²) in [6.07, 6.45) is 9.20. The summed E-state index contributed by atoms with van der Waals surface area (Å²) in [5, 5.41) is 8.44. The summed E-state index contributed by atoms with van der Waals surface area (Å²) in [4.78, 5) is 0. The minimum atomic E-state index is 0.149. The Morgan fingerprint density at radius 2 is 1.62 bits per heavy atom. The van der Waals surface area contributed by atoms with Crippen LogP contribution in [-0.4, -0.2) is 25.6 Å². The van der Waals surface area contributed by atoms with Crippen molar-refractivity contribution in [2.45, 2.75) is 51.9 Å². The van der Waals surface area contributed by atoms with E-state index in [1.807, 2.05) is 0 Å². The highest BCUT2D eigenvalue weighted by Crippen LogP contribution is 2.06. The molecule has 78 valence electrons. The highest BCUT2D eigenvalue weighted by Gasteiger charge is 1.91. The first kappa shape index (κ1) is 13.0. The van der Waals surface area contributed by atoms with Crippen LogP contribution < -0.4 is 0 Å². The lowest BCUT2D eigenvalue weighted by atomic mass is 10.1. The highest BCUT2D eigenvalue weighted by atomic mass is 16.5. The number of ether oxygens (including phenoxy) is 1. The third kappa shape index (κ3) is 12.0. The van der Waals surface area contributed by atoms with E-state index in [4.69, 9.17) is 9.76 Å². The smallest absolute Gasteiger partial charge is 0.297 e. The minimum Gasteiger partial charge on any atom is -0.451 e. The van der Waals surface area contributed by atoms with Crippen LogP contribution >= 0.6 is 0 Å². The fourth-order valence-corrected chi connectivity index (χ4v) is 1.33. The van der Waals surface area contributed by atoms with Crippen LogP contribution in [0.15, 0.2) is 0 Å². The molecule has 0 rings (SSSR count). The summed E-state index contributed by atoms with van der Waals surface area (Å²) in [7, 11) is 0.149. The zero-order chi connectivity index (χ0) is 9.78. The van der Waals surface area contributed by atoms with Gasteiger partial charge in [-0.05, 0) is 6.42 Å². The Balaban J connectivity index is 2.76. The lowest BCUT2D eigenvalue weighted by Crippen LogP contribution is -2.03. The van der Waals surface area contributed by atoms with Crippen LogP contribution in [0.2, 0.25) is 0 Å². The molecule has 0 aliphatic heterocycles. The van der Waals surface area contributed by atoms with Gasteiger partial charge in [-0.15, -0.1) is 0 Å². The van der Waals surface area contributed by atoms with E-state index in [-0.39, 0.29) is 7.48 Å². The van der Waals surface area contributed by atoms with Gasteiger partial charge in [0.15, 0.2) is 0 Å². The number of hydrogen-bond acceptors (Lipinski definition) is 2. The second-order valence-corrected chi connectivity index (χ2v) is 3.46. The molecule has 0 aliphatic rings. The summed E-state index contributed by atoms with van der Waals surface area (Å²) in [5.41, 5.74) is 0. The van der Waals surface area contributed by atoms with Crippen LogP contribution in [0, 0.1) is 0 Å². The largest absolute Gasteiger partial charge is 0.451 e. The zero-order valence-corrected chi connectivity index (χ0v) is 8.93. The minimum absolute atomic E-state index is 0.149. The first-order valence-corrected chi connectivity index (χ1v) is 5.60. The summed E-state index contributed by atoms with van der Waals surface area (Å²) >= 11 is 0. The lowest BCUT2D eigenvalue weighted by molar-refractivity contribution is 0.165. The van der Waals surface area contributed by atoms with Crippen molar-refractivity contribution in [3.05, 3.63) is 0 Å². The Morgan fingerprint density at radius 1 is 1.00 bits per heavy atom. The maximum absolute atomic E-state index is 8.44. The van der Waals surface area contributed by atoms with Crippen LogP contribution in [-0.2, 0) is 4.74 Å². The quantitative estimate of drug-likeness (QED) is 0.418. The topological polar surface area (TPSA) is 29.5 Å². The van der Waals surface area contributed by atoms with Gasteiger partial charge in [0.2, 0.25) is 0 Å². The fourth-order valence-electron chi connectivity index (χ4n) is 1.33. The number of rotatable bonds is 10. The predicted octanol–water partition coefficient (Wildman–Crippen LogP) is 2.05. The maximum atomic E-state index is 8.44. The van der Waals surface area contributed by atoms with Gasteiger partial charge in [0.1, 0.15) is 0 Å². The van der Waals surface area contributed by atoms with E-state index in [0.29, 0.717) is 6.51 Å². The van der Waals surface area contributed by atoms with Crippen molar-refractivity contribution in [2.75, 3.05) is 13.1 Å². The van der Waals surface area contributed by atoms with Crippen LogP contribution in [0.5, 0.6) is 0 Å². The zero-order valence-electron chi connectivity index (χ0n) is 8.93. The summed E-state index contributed by atoms with van der Waals surface area (Å²) in [6.45, 7) is 3.55. The van der Waals surface area contributed by atoms with E-state index < -0.39 is 0 Å². The molecule has 13 heavy (non-hydrogen) atoms. The van der Waals surface area contributed by atoms with Gasteiger partial charge in [-0.25, -0.2) is 0 Å². The fraction of sp³-hybridized carbons (Fsp3) is 1.00. The SMILES string of the molecule is CCCCCCCCCOCBO. The first-order chi connectivity index (χ1) is 6.41. The van der Waals surface area contributed by atoms with Gasteiger partial charge in [0.25, 0.3) is 7.48 Å². The van der Waals surface area contributed by atoms with Crippen molar-refractivity contribution in [1.82, 2.24) is 0 Å². The predicted molar refractivity (Wildman–Crippen MR) is 58.2 cm³/mol. The molecular weight excluding hydrogens is 163 g/mol. The molecule has 3 heteroatoms. The molecule has 0 amide bonds. The van der Waals surface area contributed by atoms with E-state index in [0.717, 1.165) is 13.0 Å². The van der Waals surface area contributed by atoms with E-state index >= 15 is 0 Å². The van der Waals surface area contributed by atoms with Crippen molar-refractivity contribution in [3.8, 4) is 0 Å². The van der Waals surface area contributed by atoms with Gasteiger partial charge in [-0.3, -0.25) is 0 Å². The molecule has 0 atom stereocenters. The molecule has 0 saturated heterocycles. The van der Waals surface area contributed by atoms with E-state index in [2.05, 4.69) is 6.92 Å². The standard InChI is InChI=1S/C10H23BO2/c1-2-3-4-5-6-7-8-9-13-10-11-12/h11-12H,2-10H2,1H3. The molecule has 0 unspecified atom stereocenters. The summed E-state index contributed by atoms with van der Waals surface area (Å²) < 4.78 is 5.16. The molecule has 0 radical (unpaired) electrons. The van der Waals surface area contributed by atoms with Crippen molar-refractivity contribution in [3.63, 3.8) is 0 Å². The Bertz CT molecular complexity index is 79.0. The summed E-state index contributed by atoms with van der Waals surface area (Å²) in [5.74, 6) is 0. The third-order valence-electron chi connectivity index (χ3n) is 2.13. The Kier molecular flexibility index (Phi) is 12.0. The Labute approximate surface area is 83.0 Å². The average Bonchev–Trinajstić information content (AvgIpc) is 2.16. The molecule has 0 spiro atoms. The molecule has 0 bridgehead atoms. The van der Waals surface area contributed by atoms with Crippen LogP contribution in [0.25, 0.3) is 0 Å². The molecule has 0 fully saturated rings. The van der Waals surface area contributed by atoms with Gasteiger partial charge >= 0.3 is 0 Å². The monoisotopic (exact) mass is 186 g/mol. The molecule has 0 aromatic heterocycles. The normalized spacial score (nSPS) is 10.3. The van der Waals surface area contributed by atoms with Gasteiger partial charge in [-0.2, -0.15) is 0 Å². The second kappa shape index (κ2) is 12.0. The van der Waals surface area contributed by atoms with Gasteiger partial charge in [0, 0.05) is 13.1 Å². The second-order valence-electron chi connectivity index (χ2n) is 3.46. The van der Waals surface area contributed by atoms with E-state index in [1.165, 1.54) is 38.5 Å².